The fourth-order valence-electron chi connectivity index (χ4n) is 3.80. The van der Waals surface area contributed by atoms with Crippen molar-refractivity contribution in [3.8, 4) is 0 Å². The number of hydrogen-bond donors (Lipinski definition) is 0. The Bertz CT molecular complexity index is 252. The molecule has 0 spiro atoms. The van der Waals surface area contributed by atoms with Gasteiger partial charge in [0, 0.05) is 5.92 Å². The zero-order chi connectivity index (χ0) is 12.6. The molecular weight excluding hydrogens is 196 g/mol. The van der Waals surface area contributed by atoms with Crippen LogP contribution in [0, 0.1) is 28.6 Å². The number of aldehydes is 1. The van der Waals surface area contributed by atoms with Gasteiger partial charge in [-0.1, -0.05) is 54.4 Å². The summed E-state index contributed by atoms with van der Waals surface area (Å²) in [6.07, 6.45) is 4.92. The van der Waals surface area contributed by atoms with E-state index >= 15 is 0 Å². The van der Waals surface area contributed by atoms with Crippen molar-refractivity contribution in [3.05, 3.63) is 0 Å². The lowest BCUT2D eigenvalue weighted by atomic mass is 9.71. The highest BCUT2D eigenvalue weighted by Gasteiger charge is 2.56. The van der Waals surface area contributed by atoms with Gasteiger partial charge in [0.05, 0.1) is 0 Å². The molecule has 1 aliphatic carbocycles. The molecule has 1 rings (SSSR count). The first-order chi connectivity index (χ1) is 7.30. The maximum absolute atomic E-state index is 11.4. The monoisotopic (exact) mass is 224 g/mol. The Hall–Kier alpha value is -0.330. The Labute approximate surface area is 101 Å². The van der Waals surface area contributed by atoms with Gasteiger partial charge in [-0.05, 0) is 29.1 Å². The Kier molecular flexibility index (Phi) is 3.87. The second-order valence-electron chi connectivity index (χ2n) is 6.78. The first-order valence-electron chi connectivity index (χ1n) is 6.75. The lowest BCUT2D eigenvalue weighted by Gasteiger charge is -2.34. The van der Waals surface area contributed by atoms with E-state index in [0.29, 0.717) is 17.3 Å². The Balaban J connectivity index is 2.99. The zero-order valence-electron chi connectivity index (χ0n) is 11.8. The fraction of sp³-hybridized carbons (Fsp3) is 0.933. The molecule has 1 aliphatic rings. The minimum Gasteiger partial charge on any atom is -0.303 e. The van der Waals surface area contributed by atoms with Gasteiger partial charge in [-0.15, -0.1) is 0 Å². The largest absolute Gasteiger partial charge is 0.303 e. The third-order valence-electron chi connectivity index (χ3n) is 5.50. The molecule has 0 aromatic carbocycles. The average molecular weight is 224 g/mol. The van der Waals surface area contributed by atoms with E-state index in [4.69, 9.17) is 0 Å². The lowest BCUT2D eigenvalue weighted by molar-refractivity contribution is -0.115. The summed E-state index contributed by atoms with van der Waals surface area (Å²) in [7, 11) is 0. The van der Waals surface area contributed by atoms with Gasteiger partial charge in [-0.25, -0.2) is 0 Å². The van der Waals surface area contributed by atoms with Crippen molar-refractivity contribution in [2.75, 3.05) is 0 Å². The second kappa shape index (κ2) is 4.50. The third-order valence-corrected chi connectivity index (χ3v) is 5.50. The lowest BCUT2D eigenvalue weighted by Crippen LogP contribution is -2.27. The van der Waals surface area contributed by atoms with Crippen LogP contribution in [0.3, 0.4) is 0 Å². The first kappa shape index (κ1) is 13.7. The first-order valence-corrected chi connectivity index (χ1v) is 6.75. The summed E-state index contributed by atoms with van der Waals surface area (Å²) in [5.74, 6) is 1.41. The van der Waals surface area contributed by atoms with Crippen LogP contribution in [0.5, 0.6) is 0 Å². The summed E-state index contributed by atoms with van der Waals surface area (Å²) in [4.78, 5) is 11.4. The molecular formula is C15H28O. The van der Waals surface area contributed by atoms with Gasteiger partial charge in [-0.2, -0.15) is 0 Å². The molecule has 0 amide bonds. The number of hydrogen-bond acceptors (Lipinski definition) is 1. The maximum Gasteiger partial charge on any atom is 0.123 e. The van der Waals surface area contributed by atoms with E-state index in [1.54, 1.807) is 0 Å². The predicted molar refractivity (Wildman–Crippen MR) is 69.3 cm³/mol. The Morgan fingerprint density at radius 2 is 1.69 bits per heavy atom. The Morgan fingerprint density at radius 1 is 1.12 bits per heavy atom. The van der Waals surface area contributed by atoms with Crippen molar-refractivity contribution >= 4 is 6.29 Å². The summed E-state index contributed by atoms with van der Waals surface area (Å²) in [5, 5.41) is 0. The molecule has 1 nitrogen and oxygen atoms in total. The van der Waals surface area contributed by atoms with E-state index in [0.717, 1.165) is 0 Å². The van der Waals surface area contributed by atoms with Crippen LogP contribution < -0.4 is 0 Å². The third kappa shape index (κ3) is 1.94. The molecule has 0 bridgehead atoms. The standard InChI is InChI=1S/C15H28O/c1-7-8-9-12-13(10-16)15(5,6)11(2)14(12,3)4/h10-13H,7-9H2,1-6H3. The van der Waals surface area contributed by atoms with Gasteiger partial charge in [0.25, 0.3) is 0 Å². The minimum absolute atomic E-state index is 0.156. The van der Waals surface area contributed by atoms with Crippen LogP contribution in [0.2, 0.25) is 0 Å². The molecule has 3 atom stereocenters. The van der Waals surface area contributed by atoms with E-state index in [1.807, 2.05) is 0 Å². The highest BCUT2D eigenvalue weighted by atomic mass is 16.1. The van der Waals surface area contributed by atoms with Gasteiger partial charge >= 0.3 is 0 Å². The van der Waals surface area contributed by atoms with E-state index in [-0.39, 0.29) is 11.3 Å². The smallest absolute Gasteiger partial charge is 0.123 e. The maximum atomic E-state index is 11.4. The molecule has 1 heteroatoms. The van der Waals surface area contributed by atoms with Crippen molar-refractivity contribution in [2.45, 2.75) is 60.8 Å². The van der Waals surface area contributed by atoms with E-state index in [9.17, 15) is 4.79 Å². The molecule has 0 heterocycles. The van der Waals surface area contributed by atoms with E-state index in [2.05, 4.69) is 41.5 Å². The fourth-order valence-corrected chi connectivity index (χ4v) is 3.80. The van der Waals surface area contributed by atoms with Crippen LogP contribution in [0.15, 0.2) is 0 Å². The molecule has 16 heavy (non-hydrogen) atoms. The van der Waals surface area contributed by atoms with Gasteiger partial charge in [0.1, 0.15) is 6.29 Å². The average Bonchev–Trinajstić information content (AvgIpc) is 2.33. The summed E-state index contributed by atoms with van der Waals surface area (Å²) in [5.41, 5.74) is 0.452. The summed E-state index contributed by atoms with van der Waals surface area (Å²) < 4.78 is 0. The number of rotatable bonds is 4. The topological polar surface area (TPSA) is 17.1 Å². The number of carbonyl (C=O) groups excluding carboxylic acids is 1. The van der Waals surface area contributed by atoms with Gasteiger partial charge in [0.2, 0.25) is 0 Å². The van der Waals surface area contributed by atoms with Crippen molar-refractivity contribution in [2.24, 2.45) is 28.6 Å². The van der Waals surface area contributed by atoms with Gasteiger partial charge in [-0.3, -0.25) is 0 Å². The quantitative estimate of drug-likeness (QED) is 0.650. The summed E-state index contributed by atoms with van der Waals surface area (Å²) >= 11 is 0. The highest BCUT2D eigenvalue weighted by molar-refractivity contribution is 5.57. The molecule has 0 radical (unpaired) electrons. The van der Waals surface area contributed by atoms with E-state index in [1.165, 1.54) is 25.5 Å². The van der Waals surface area contributed by atoms with Gasteiger partial charge in [0.15, 0.2) is 0 Å². The molecule has 0 saturated heterocycles. The molecule has 0 aromatic heterocycles. The molecule has 1 saturated carbocycles. The Morgan fingerprint density at radius 3 is 2.12 bits per heavy atom. The highest BCUT2D eigenvalue weighted by Crippen LogP contribution is 2.60. The second-order valence-corrected chi connectivity index (χ2v) is 6.78. The predicted octanol–water partition coefficient (Wildman–Crippen LogP) is 4.31. The number of unbranched alkanes of at least 4 members (excludes halogenated alkanes) is 1. The summed E-state index contributed by atoms with van der Waals surface area (Å²) in [6, 6.07) is 0. The van der Waals surface area contributed by atoms with Crippen LogP contribution in [-0.4, -0.2) is 6.29 Å². The van der Waals surface area contributed by atoms with Crippen molar-refractivity contribution in [3.63, 3.8) is 0 Å². The molecule has 1 fully saturated rings. The zero-order valence-corrected chi connectivity index (χ0v) is 11.8. The minimum atomic E-state index is 0.156. The van der Waals surface area contributed by atoms with Crippen LogP contribution in [0.1, 0.15) is 60.8 Å². The van der Waals surface area contributed by atoms with Crippen molar-refractivity contribution in [1.29, 1.82) is 0 Å². The van der Waals surface area contributed by atoms with Crippen LogP contribution >= 0.6 is 0 Å². The molecule has 0 N–H and O–H groups in total. The van der Waals surface area contributed by atoms with E-state index < -0.39 is 0 Å². The molecule has 0 aliphatic heterocycles. The molecule has 94 valence electrons. The van der Waals surface area contributed by atoms with Crippen LogP contribution in [0.25, 0.3) is 0 Å². The summed E-state index contributed by atoms with van der Waals surface area (Å²) in [6.45, 7) is 13.8. The molecule has 3 unspecified atom stereocenters. The van der Waals surface area contributed by atoms with Crippen LogP contribution in [-0.2, 0) is 4.79 Å². The van der Waals surface area contributed by atoms with Crippen molar-refractivity contribution < 1.29 is 4.79 Å². The number of carbonyl (C=O) groups is 1. The van der Waals surface area contributed by atoms with Crippen molar-refractivity contribution in [1.82, 2.24) is 0 Å². The van der Waals surface area contributed by atoms with Crippen LogP contribution in [0.4, 0.5) is 0 Å². The molecule has 0 aromatic rings. The SMILES string of the molecule is CCCCC1C(C=O)C(C)(C)C(C)C1(C)C. The van der Waals surface area contributed by atoms with Gasteiger partial charge < -0.3 is 4.79 Å². The normalized spacial score (nSPS) is 36.2.